The number of hydrogen-bond donors (Lipinski definition) is 0. The molecule has 1 unspecified atom stereocenters. The molecular weight excluding hydrogens is 298 g/mol. The van der Waals surface area contributed by atoms with Crippen molar-refractivity contribution in [2.24, 2.45) is 5.92 Å². The van der Waals surface area contributed by atoms with E-state index in [9.17, 15) is 0 Å². The van der Waals surface area contributed by atoms with Gasteiger partial charge in [-0.3, -0.25) is 0 Å². The van der Waals surface area contributed by atoms with Crippen LogP contribution in [-0.4, -0.2) is 12.6 Å². The normalized spacial score (nSPS) is 20.3. The molecule has 3 heteroatoms. The first-order valence-corrected chi connectivity index (χ1v) is 7.57. The number of hydrogen-bond acceptors (Lipinski definition) is 1. The molecule has 0 aromatic heterocycles. The van der Waals surface area contributed by atoms with E-state index in [1.165, 1.54) is 35.1 Å². The molecule has 2 rings (SSSR count). The molecule has 1 aromatic rings. The van der Waals surface area contributed by atoms with E-state index in [4.69, 9.17) is 11.6 Å². The van der Waals surface area contributed by atoms with Crippen molar-refractivity contribution in [3.05, 3.63) is 28.2 Å². The van der Waals surface area contributed by atoms with Crippen molar-refractivity contribution in [1.82, 2.24) is 0 Å². The minimum atomic E-state index is 0.576. The Hall–Kier alpha value is -0.210. The number of alkyl halides is 1. The van der Waals surface area contributed by atoms with Gasteiger partial charge in [0.15, 0.2) is 0 Å². The Morgan fingerprint density at radius 2 is 2.24 bits per heavy atom. The first-order chi connectivity index (χ1) is 8.13. The largest absolute Gasteiger partial charge is 0.367 e. The van der Waals surface area contributed by atoms with Gasteiger partial charge in [-0.05, 0) is 52.4 Å². The van der Waals surface area contributed by atoms with Crippen molar-refractivity contribution in [3.63, 3.8) is 0 Å². The second kappa shape index (κ2) is 5.62. The molecule has 1 atom stereocenters. The predicted molar refractivity (Wildman–Crippen MR) is 78.9 cm³/mol. The van der Waals surface area contributed by atoms with Gasteiger partial charge < -0.3 is 4.90 Å². The summed E-state index contributed by atoms with van der Waals surface area (Å²) in [4.78, 5) is 2.53. The molecule has 0 aliphatic carbocycles. The molecule has 0 bridgehead atoms. The number of halogens is 2. The van der Waals surface area contributed by atoms with Gasteiger partial charge in [0.25, 0.3) is 0 Å². The summed E-state index contributed by atoms with van der Waals surface area (Å²) in [5.74, 6) is 1.28. The van der Waals surface area contributed by atoms with Gasteiger partial charge in [-0.25, -0.2) is 0 Å². The molecule has 0 saturated carbocycles. The highest BCUT2D eigenvalue weighted by Crippen LogP contribution is 2.35. The Labute approximate surface area is 117 Å². The molecule has 1 aliphatic heterocycles. The fraction of sp³-hybridized carbons (Fsp3) is 0.571. The van der Waals surface area contributed by atoms with Crippen molar-refractivity contribution in [1.29, 1.82) is 0 Å². The van der Waals surface area contributed by atoms with E-state index in [0.29, 0.717) is 17.8 Å². The van der Waals surface area contributed by atoms with Gasteiger partial charge in [0.2, 0.25) is 0 Å². The van der Waals surface area contributed by atoms with Crippen LogP contribution in [0.2, 0.25) is 0 Å². The summed E-state index contributed by atoms with van der Waals surface area (Å²) in [6, 6.07) is 7.14. The van der Waals surface area contributed by atoms with Crippen molar-refractivity contribution in [3.8, 4) is 0 Å². The molecule has 17 heavy (non-hydrogen) atoms. The number of benzene rings is 1. The smallest absolute Gasteiger partial charge is 0.0513 e. The van der Waals surface area contributed by atoms with Crippen LogP contribution in [-0.2, 0) is 5.88 Å². The predicted octanol–water partition coefficient (Wildman–Crippen LogP) is 4.81. The van der Waals surface area contributed by atoms with Crippen LogP contribution in [0.15, 0.2) is 22.7 Å². The summed E-state index contributed by atoms with van der Waals surface area (Å²) >= 11 is 9.53. The van der Waals surface area contributed by atoms with Gasteiger partial charge in [0.1, 0.15) is 0 Å². The molecule has 1 aromatic carbocycles. The summed E-state index contributed by atoms with van der Waals surface area (Å²) in [5, 5.41) is 0. The highest BCUT2D eigenvalue weighted by Gasteiger charge is 2.28. The van der Waals surface area contributed by atoms with Crippen molar-refractivity contribution in [2.75, 3.05) is 11.4 Å². The molecule has 0 N–H and O–H groups in total. The second-order valence-corrected chi connectivity index (χ2v) is 6.19. The lowest BCUT2D eigenvalue weighted by atomic mass is 10.0. The van der Waals surface area contributed by atoms with Crippen molar-refractivity contribution >= 4 is 33.2 Å². The number of nitrogens with zero attached hydrogens (tertiary/aromatic N) is 1. The molecule has 1 saturated heterocycles. The van der Waals surface area contributed by atoms with Gasteiger partial charge in [-0.2, -0.15) is 0 Å². The molecule has 0 spiro atoms. The molecule has 1 aliphatic rings. The first kappa shape index (κ1) is 13.2. The molecule has 0 radical (unpaired) electrons. The minimum Gasteiger partial charge on any atom is -0.367 e. The van der Waals surface area contributed by atoms with E-state index in [1.807, 2.05) is 0 Å². The topological polar surface area (TPSA) is 3.24 Å². The Balaban J connectivity index is 2.27. The van der Waals surface area contributed by atoms with E-state index >= 15 is 0 Å². The fourth-order valence-corrected chi connectivity index (χ4v) is 3.47. The van der Waals surface area contributed by atoms with E-state index in [-0.39, 0.29) is 0 Å². The van der Waals surface area contributed by atoms with Crippen LogP contribution in [0.5, 0.6) is 0 Å². The van der Waals surface area contributed by atoms with E-state index < -0.39 is 0 Å². The summed E-state index contributed by atoms with van der Waals surface area (Å²) < 4.78 is 1.17. The number of rotatable bonds is 3. The SMILES string of the molecule is CC(C)C1CCCN1c1ccc(CCl)cc1Br. The van der Waals surface area contributed by atoms with Crippen LogP contribution < -0.4 is 4.90 Å². The summed E-state index contributed by atoms with van der Waals surface area (Å²) in [7, 11) is 0. The maximum atomic E-state index is 5.86. The van der Waals surface area contributed by atoms with Gasteiger partial charge >= 0.3 is 0 Å². The Bertz CT molecular complexity index is 392. The average Bonchev–Trinajstić information content (AvgIpc) is 2.77. The quantitative estimate of drug-likeness (QED) is 0.723. The fourth-order valence-electron chi connectivity index (χ4n) is 2.65. The van der Waals surface area contributed by atoms with E-state index in [2.05, 4.69) is 52.9 Å². The van der Waals surface area contributed by atoms with Crippen LogP contribution in [0, 0.1) is 5.92 Å². The minimum absolute atomic E-state index is 0.576. The first-order valence-electron chi connectivity index (χ1n) is 6.24. The lowest BCUT2D eigenvalue weighted by Gasteiger charge is -2.30. The van der Waals surface area contributed by atoms with E-state index in [0.717, 1.165) is 0 Å². The van der Waals surface area contributed by atoms with Crippen LogP contribution in [0.3, 0.4) is 0 Å². The van der Waals surface area contributed by atoms with Gasteiger partial charge in [-0.1, -0.05) is 19.9 Å². The van der Waals surface area contributed by atoms with Crippen molar-refractivity contribution in [2.45, 2.75) is 38.6 Å². The molecule has 94 valence electrons. The highest BCUT2D eigenvalue weighted by molar-refractivity contribution is 9.10. The van der Waals surface area contributed by atoms with Crippen LogP contribution in [0.1, 0.15) is 32.3 Å². The van der Waals surface area contributed by atoms with Crippen LogP contribution >= 0.6 is 27.5 Å². The molecule has 1 heterocycles. The third-order valence-electron chi connectivity index (χ3n) is 3.54. The maximum Gasteiger partial charge on any atom is 0.0513 e. The molecular formula is C14H19BrClN. The lowest BCUT2D eigenvalue weighted by molar-refractivity contribution is 0.491. The second-order valence-electron chi connectivity index (χ2n) is 5.07. The highest BCUT2D eigenvalue weighted by atomic mass is 79.9. The Morgan fingerprint density at radius 3 is 2.82 bits per heavy atom. The van der Waals surface area contributed by atoms with Gasteiger partial charge in [0, 0.05) is 22.9 Å². The van der Waals surface area contributed by atoms with Gasteiger partial charge in [-0.15, -0.1) is 11.6 Å². The zero-order chi connectivity index (χ0) is 12.4. The third-order valence-corrected chi connectivity index (χ3v) is 4.49. The molecule has 1 fully saturated rings. The summed E-state index contributed by atoms with van der Waals surface area (Å²) in [6.07, 6.45) is 2.61. The monoisotopic (exact) mass is 315 g/mol. The zero-order valence-corrected chi connectivity index (χ0v) is 12.8. The zero-order valence-electron chi connectivity index (χ0n) is 10.4. The number of anilines is 1. The molecule has 1 nitrogen and oxygen atoms in total. The lowest BCUT2D eigenvalue weighted by Crippen LogP contribution is -2.33. The average molecular weight is 317 g/mol. The Kier molecular flexibility index (Phi) is 4.37. The maximum absolute atomic E-state index is 5.86. The van der Waals surface area contributed by atoms with Gasteiger partial charge in [0.05, 0.1) is 5.69 Å². The summed E-state index contributed by atoms with van der Waals surface area (Å²) in [5.41, 5.74) is 2.48. The summed E-state index contributed by atoms with van der Waals surface area (Å²) in [6.45, 7) is 5.79. The van der Waals surface area contributed by atoms with Crippen LogP contribution in [0.25, 0.3) is 0 Å². The molecule has 0 amide bonds. The third kappa shape index (κ3) is 2.79. The van der Waals surface area contributed by atoms with Crippen molar-refractivity contribution < 1.29 is 0 Å². The Morgan fingerprint density at radius 1 is 1.47 bits per heavy atom. The van der Waals surface area contributed by atoms with Crippen LogP contribution in [0.4, 0.5) is 5.69 Å². The van der Waals surface area contributed by atoms with E-state index in [1.54, 1.807) is 0 Å². The standard InChI is InChI=1S/C14H19BrClN/c1-10(2)13-4-3-7-17(13)14-6-5-11(9-16)8-12(14)15/h5-6,8,10,13H,3-4,7,9H2,1-2H3.